The van der Waals surface area contributed by atoms with Crippen molar-refractivity contribution in [3.63, 3.8) is 0 Å². The van der Waals surface area contributed by atoms with E-state index >= 15 is 0 Å². The van der Waals surface area contributed by atoms with E-state index in [-0.39, 0.29) is 42.5 Å². The first-order valence-electron chi connectivity index (χ1n) is 14.3. The highest BCUT2D eigenvalue weighted by molar-refractivity contribution is 6.32. The predicted octanol–water partition coefficient (Wildman–Crippen LogP) is 4.22. The smallest absolute Gasteiger partial charge is 0.257 e. The fourth-order valence-corrected chi connectivity index (χ4v) is 6.16. The molecule has 5 aromatic rings. The molecule has 2 N–H and O–H groups in total. The van der Waals surface area contributed by atoms with Gasteiger partial charge in [-0.15, -0.1) is 0 Å². The van der Waals surface area contributed by atoms with Crippen LogP contribution in [0.15, 0.2) is 79.3 Å². The number of aromatic nitrogens is 4. The Balaban J connectivity index is 1.20. The zero-order valence-corrected chi connectivity index (χ0v) is 24.2. The molecule has 2 aromatic heterocycles. The molecule has 0 saturated carbocycles. The zero-order chi connectivity index (χ0) is 30.4. The molecule has 3 atom stereocenters. The van der Waals surface area contributed by atoms with Gasteiger partial charge in [0.1, 0.15) is 23.7 Å². The Bertz CT molecular complexity index is 1890. The Morgan fingerprint density at radius 2 is 1.95 bits per heavy atom. The van der Waals surface area contributed by atoms with Crippen molar-refractivity contribution in [1.29, 1.82) is 0 Å². The second kappa shape index (κ2) is 11.4. The number of ether oxygens (including phenoxy) is 1. The van der Waals surface area contributed by atoms with Crippen molar-refractivity contribution in [3.05, 3.63) is 95.7 Å². The van der Waals surface area contributed by atoms with Gasteiger partial charge in [0.15, 0.2) is 0 Å². The predicted molar refractivity (Wildman–Crippen MR) is 161 cm³/mol. The summed E-state index contributed by atoms with van der Waals surface area (Å²) in [4.78, 5) is 28.7. The van der Waals surface area contributed by atoms with Crippen LogP contribution in [0.5, 0.6) is 5.75 Å². The summed E-state index contributed by atoms with van der Waals surface area (Å²) in [6, 6.07) is 16.7. The van der Waals surface area contributed by atoms with E-state index in [9.17, 15) is 19.1 Å². The van der Waals surface area contributed by atoms with Crippen LogP contribution in [0.1, 0.15) is 23.2 Å². The van der Waals surface area contributed by atoms with E-state index in [0.717, 1.165) is 22.0 Å². The minimum atomic E-state index is -0.803. The normalized spacial score (nSPS) is 20.4. The summed E-state index contributed by atoms with van der Waals surface area (Å²) in [5.41, 5.74) is 3.39. The third-order valence-corrected chi connectivity index (χ3v) is 8.33. The second-order valence-corrected chi connectivity index (χ2v) is 11.5. The van der Waals surface area contributed by atoms with Crippen LogP contribution in [-0.4, -0.2) is 72.7 Å². The van der Waals surface area contributed by atoms with Gasteiger partial charge < -0.3 is 20.1 Å². The van der Waals surface area contributed by atoms with Gasteiger partial charge in [-0.05, 0) is 53.9 Å². The van der Waals surface area contributed by atoms with Crippen LogP contribution in [0.25, 0.3) is 27.7 Å². The highest BCUT2D eigenvalue weighted by Crippen LogP contribution is 2.32. The molecule has 4 heterocycles. The Kier molecular flexibility index (Phi) is 7.27. The molecule has 1 saturated heterocycles. The largest absolute Gasteiger partial charge is 0.488 e. The number of fused-ring (bicyclic) bond motifs is 6. The Labute approximate surface area is 256 Å². The molecule has 7 rings (SSSR count). The molecule has 0 unspecified atom stereocenters. The number of hydrogen-bond donors (Lipinski definition) is 2. The van der Waals surface area contributed by atoms with Gasteiger partial charge in [-0.3, -0.25) is 14.3 Å². The number of benzene rings is 3. The van der Waals surface area contributed by atoms with Crippen LogP contribution in [0.4, 0.5) is 4.39 Å². The van der Waals surface area contributed by atoms with E-state index in [4.69, 9.17) is 16.3 Å². The zero-order valence-electron chi connectivity index (χ0n) is 23.4. The lowest BCUT2D eigenvalue weighted by atomic mass is 10.0. The molecule has 2 aliphatic rings. The average Bonchev–Trinajstić information content (AvgIpc) is 3.75. The van der Waals surface area contributed by atoms with Gasteiger partial charge in [-0.25, -0.2) is 9.07 Å². The topological polar surface area (TPSA) is 115 Å². The molecule has 0 aliphatic carbocycles. The van der Waals surface area contributed by atoms with Crippen molar-refractivity contribution in [2.24, 2.45) is 0 Å². The molecule has 10 nitrogen and oxygen atoms in total. The maximum Gasteiger partial charge on any atom is 0.257 e. The molecule has 3 aromatic carbocycles. The summed E-state index contributed by atoms with van der Waals surface area (Å²) >= 11 is 6.20. The SMILES string of the molecule is O=C1NCC[C@H](O)Cn2cc3c(cccc3n2)-c2cccc(c2)O[C@H]2C[C@@H]1N(C(=O)c1cnn(-c3ccc(F)cc3Cl)c1)C2. The van der Waals surface area contributed by atoms with E-state index in [1.807, 2.05) is 48.7 Å². The number of amides is 2. The fraction of sp³-hybridized carbons (Fsp3) is 0.250. The number of nitrogens with one attached hydrogen (secondary N) is 1. The Morgan fingerprint density at radius 1 is 1.09 bits per heavy atom. The lowest BCUT2D eigenvalue weighted by Gasteiger charge is -2.23. The third kappa shape index (κ3) is 5.40. The lowest BCUT2D eigenvalue weighted by Crippen LogP contribution is -2.46. The summed E-state index contributed by atoms with van der Waals surface area (Å²) < 4.78 is 23.1. The summed E-state index contributed by atoms with van der Waals surface area (Å²) in [5, 5.41) is 23.6. The summed E-state index contributed by atoms with van der Waals surface area (Å²) in [5.74, 6) is -0.605. The van der Waals surface area contributed by atoms with Gasteiger partial charge in [-0.1, -0.05) is 35.9 Å². The number of hydrogen-bond acceptors (Lipinski definition) is 6. The molecule has 12 heteroatoms. The number of aliphatic hydroxyl groups is 1. The first kappa shape index (κ1) is 28.1. The minimum Gasteiger partial charge on any atom is -0.488 e. The minimum absolute atomic E-state index is 0.145. The fourth-order valence-electron chi connectivity index (χ4n) is 5.91. The number of halogens is 2. The van der Waals surface area contributed by atoms with Gasteiger partial charge in [0.25, 0.3) is 5.91 Å². The maximum absolute atomic E-state index is 13.8. The number of carbonyl (C=O) groups excluding carboxylic acids is 2. The molecule has 224 valence electrons. The van der Waals surface area contributed by atoms with E-state index in [2.05, 4.69) is 15.5 Å². The number of carbonyl (C=O) groups is 2. The van der Waals surface area contributed by atoms with Crippen molar-refractivity contribution in [3.8, 4) is 22.6 Å². The number of nitrogens with zero attached hydrogens (tertiary/aromatic N) is 5. The van der Waals surface area contributed by atoms with E-state index in [1.54, 1.807) is 4.68 Å². The molecule has 6 bridgehead atoms. The standard InChI is InChI=1S/C32H28ClFN6O4/c33-27-12-21(34)7-8-29(27)40-15-20(14-36-40)32(43)39-17-24-13-30(39)31(42)35-10-9-22(41)16-38-18-26-25(5-2-6-28(26)37-38)19-3-1-4-23(11-19)44-24/h1-8,11-12,14-15,18,22,24,30,41H,9-10,13,16-17H2,(H,35,42)/t22-,24-,30-/m0/s1. The Hall–Kier alpha value is -4.74. The molecule has 44 heavy (non-hydrogen) atoms. The molecular weight excluding hydrogens is 587 g/mol. The van der Waals surface area contributed by atoms with Crippen molar-refractivity contribution in [2.75, 3.05) is 13.1 Å². The van der Waals surface area contributed by atoms with Gasteiger partial charge in [0.05, 0.1) is 47.2 Å². The van der Waals surface area contributed by atoms with Crippen LogP contribution in [0.2, 0.25) is 5.02 Å². The average molecular weight is 615 g/mol. The van der Waals surface area contributed by atoms with Crippen LogP contribution >= 0.6 is 11.6 Å². The first-order chi connectivity index (χ1) is 21.3. The number of likely N-dealkylation sites (tertiary alicyclic amines) is 1. The van der Waals surface area contributed by atoms with E-state index in [0.29, 0.717) is 17.9 Å². The van der Waals surface area contributed by atoms with Crippen molar-refractivity contribution < 1.29 is 23.8 Å². The highest BCUT2D eigenvalue weighted by atomic mass is 35.5. The molecule has 2 amide bonds. The van der Waals surface area contributed by atoms with Crippen LogP contribution in [-0.2, 0) is 11.3 Å². The monoisotopic (exact) mass is 614 g/mol. The molecule has 0 spiro atoms. The quantitative estimate of drug-likeness (QED) is 0.308. The molecule has 1 fully saturated rings. The van der Waals surface area contributed by atoms with Crippen molar-refractivity contribution in [2.45, 2.75) is 37.6 Å². The summed E-state index contributed by atoms with van der Waals surface area (Å²) in [6.07, 6.45) is 4.22. The lowest BCUT2D eigenvalue weighted by molar-refractivity contribution is -0.125. The van der Waals surface area contributed by atoms with Gasteiger partial charge >= 0.3 is 0 Å². The van der Waals surface area contributed by atoms with Crippen LogP contribution in [0, 0.1) is 5.82 Å². The Morgan fingerprint density at radius 3 is 2.82 bits per heavy atom. The molecular formula is C32H28ClFN6O4. The van der Waals surface area contributed by atoms with Crippen molar-refractivity contribution in [1.82, 2.24) is 29.8 Å². The first-order valence-corrected chi connectivity index (χ1v) is 14.7. The molecule has 2 aliphatic heterocycles. The number of aliphatic hydroxyl groups excluding tert-OH is 1. The van der Waals surface area contributed by atoms with E-state index < -0.39 is 30.0 Å². The summed E-state index contributed by atoms with van der Waals surface area (Å²) in [6.45, 7) is 0.664. The number of rotatable bonds is 2. The second-order valence-electron chi connectivity index (χ2n) is 11.1. The summed E-state index contributed by atoms with van der Waals surface area (Å²) in [7, 11) is 0. The van der Waals surface area contributed by atoms with Crippen molar-refractivity contribution >= 4 is 34.3 Å². The van der Waals surface area contributed by atoms with Crippen LogP contribution < -0.4 is 10.1 Å². The third-order valence-electron chi connectivity index (χ3n) is 8.03. The maximum atomic E-state index is 13.8. The van der Waals surface area contributed by atoms with Gasteiger partial charge in [0, 0.05) is 30.7 Å². The van der Waals surface area contributed by atoms with Crippen LogP contribution in [0.3, 0.4) is 0 Å². The molecule has 0 radical (unpaired) electrons. The van der Waals surface area contributed by atoms with Gasteiger partial charge in [-0.2, -0.15) is 10.2 Å². The van der Waals surface area contributed by atoms with E-state index in [1.165, 1.54) is 40.2 Å². The highest BCUT2D eigenvalue weighted by Gasteiger charge is 2.41. The van der Waals surface area contributed by atoms with Gasteiger partial charge in [0.2, 0.25) is 5.91 Å².